The normalized spacial score (nSPS) is 13.9. The van der Waals surface area contributed by atoms with Gasteiger partial charge < -0.3 is 10.1 Å². The van der Waals surface area contributed by atoms with Crippen molar-refractivity contribution in [1.82, 2.24) is 0 Å². The van der Waals surface area contributed by atoms with E-state index in [4.69, 9.17) is 9.73 Å². The van der Waals surface area contributed by atoms with Crippen LogP contribution in [0.2, 0.25) is 0 Å². The Balaban J connectivity index is 1.71. The predicted octanol–water partition coefficient (Wildman–Crippen LogP) is 7.82. The van der Waals surface area contributed by atoms with Crippen LogP contribution in [-0.4, -0.2) is 18.7 Å². The van der Waals surface area contributed by atoms with Crippen molar-refractivity contribution in [2.45, 2.75) is 65.7 Å². The van der Waals surface area contributed by atoms with Gasteiger partial charge in [0.25, 0.3) is 5.91 Å². The standard InChI is InChI=1S/C29H34N2O2S/c1-4-17-33-25-13-10-9-11-22(25)19-30-29-27(23-12-7-5-6-8-14-26(23)34-29)28(32)31-24-18-20(2)15-16-21(24)3/h9-11,13,15-16,18-19H,4-8,12,14,17H2,1-3H3,(H,31,32). The van der Waals surface area contributed by atoms with Crippen LogP contribution in [0.5, 0.6) is 5.75 Å². The first-order valence-corrected chi connectivity index (χ1v) is 13.2. The number of amides is 1. The van der Waals surface area contributed by atoms with Crippen molar-refractivity contribution in [3.8, 4) is 5.75 Å². The van der Waals surface area contributed by atoms with Crippen LogP contribution in [0, 0.1) is 13.8 Å². The number of ether oxygens (including phenoxy) is 1. The third-order valence-corrected chi connectivity index (χ3v) is 7.42. The molecule has 0 radical (unpaired) electrons. The van der Waals surface area contributed by atoms with E-state index in [1.54, 1.807) is 11.3 Å². The van der Waals surface area contributed by atoms with Gasteiger partial charge in [-0.25, -0.2) is 4.99 Å². The van der Waals surface area contributed by atoms with E-state index in [0.717, 1.165) is 64.4 Å². The second-order valence-corrected chi connectivity index (χ2v) is 10.1. The molecule has 1 aliphatic carbocycles. The van der Waals surface area contributed by atoms with Gasteiger partial charge in [-0.2, -0.15) is 0 Å². The van der Waals surface area contributed by atoms with Crippen molar-refractivity contribution in [3.63, 3.8) is 0 Å². The van der Waals surface area contributed by atoms with Gasteiger partial charge in [-0.05, 0) is 80.8 Å². The minimum Gasteiger partial charge on any atom is -0.493 e. The second kappa shape index (κ2) is 11.5. The smallest absolute Gasteiger partial charge is 0.259 e. The first kappa shape index (κ1) is 24.2. The molecule has 0 atom stereocenters. The lowest BCUT2D eigenvalue weighted by molar-refractivity contribution is 0.102. The van der Waals surface area contributed by atoms with Crippen molar-refractivity contribution >= 4 is 34.1 Å². The molecule has 1 amide bonds. The summed E-state index contributed by atoms with van der Waals surface area (Å²) in [6, 6.07) is 14.1. The zero-order chi connectivity index (χ0) is 23.9. The Bertz CT molecular complexity index is 1180. The summed E-state index contributed by atoms with van der Waals surface area (Å²) in [7, 11) is 0. The SMILES string of the molecule is CCCOc1ccccc1C=Nc1sc2c(c1C(=O)Nc1cc(C)ccc1C)CCCCCC2. The van der Waals surface area contributed by atoms with E-state index in [2.05, 4.69) is 24.4 Å². The van der Waals surface area contributed by atoms with Gasteiger partial charge in [0.2, 0.25) is 0 Å². The van der Waals surface area contributed by atoms with Crippen LogP contribution >= 0.6 is 11.3 Å². The van der Waals surface area contributed by atoms with Gasteiger partial charge in [0.1, 0.15) is 10.8 Å². The molecule has 4 rings (SSSR count). The van der Waals surface area contributed by atoms with Crippen molar-refractivity contribution in [1.29, 1.82) is 0 Å². The number of aryl methyl sites for hydroxylation is 3. The number of fused-ring (bicyclic) bond motifs is 1. The molecule has 34 heavy (non-hydrogen) atoms. The summed E-state index contributed by atoms with van der Waals surface area (Å²) < 4.78 is 5.90. The third kappa shape index (κ3) is 5.76. The molecule has 178 valence electrons. The molecule has 3 aromatic rings. The number of nitrogens with zero attached hydrogens (tertiary/aromatic N) is 1. The average molecular weight is 475 g/mol. The molecule has 0 aliphatic heterocycles. The number of nitrogens with one attached hydrogen (secondary N) is 1. The van der Waals surface area contributed by atoms with Gasteiger partial charge in [-0.1, -0.05) is 44.0 Å². The number of thiophene rings is 1. The fraction of sp³-hybridized carbons (Fsp3) is 0.379. The quantitative estimate of drug-likeness (QED) is 0.355. The van der Waals surface area contributed by atoms with Crippen LogP contribution in [-0.2, 0) is 12.8 Å². The van der Waals surface area contributed by atoms with Gasteiger partial charge in [0.05, 0.1) is 12.2 Å². The summed E-state index contributed by atoms with van der Waals surface area (Å²) in [5.41, 5.74) is 5.91. The zero-order valence-electron chi connectivity index (χ0n) is 20.4. The van der Waals surface area contributed by atoms with Crippen LogP contribution < -0.4 is 10.1 Å². The maximum absolute atomic E-state index is 13.6. The fourth-order valence-electron chi connectivity index (χ4n) is 4.34. The van der Waals surface area contributed by atoms with E-state index in [0.29, 0.717) is 6.61 Å². The highest BCUT2D eigenvalue weighted by Gasteiger charge is 2.24. The largest absolute Gasteiger partial charge is 0.493 e. The molecule has 0 bridgehead atoms. The Hall–Kier alpha value is -2.92. The molecule has 0 spiro atoms. The number of carbonyl (C=O) groups is 1. The molecule has 1 aromatic heterocycles. The Morgan fingerprint density at radius 1 is 1.09 bits per heavy atom. The monoisotopic (exact) mass is 474 g/mol. The Kier molecular flexibility index (Phi) is 8.17. The minimum absolute atomic E-state index is 0.0607. The molecule has 1 aliphatic rings. The first-order valence-electron chi connectivity index (χ1n) is 12.4. The van der Waals surface area contributed by atoms with Crippen LogP contribution in [0.25, 0.3) is 0 Å². The van der Waals surface area contributed by atoms with E-state index >= 15 is 0 Å². The summed E-state index contributed by atoms with van der Waals surface area (Å²) in [6.07, 6.45) is 9.51. The lowest BCUT2D eigenvalue weighted by Crippen LogP contribution is -2.15. The molecule has 4 nitrogen and oxygen atoms in total. The van der Waals surface area contributed by atoms with E-state index in [-0.39, 0.29) is 5.91 Å². The molecule has 1 heterocycles. The molecule has 2 aromatic carbocycles. The molecule has 5 heteroatoms. The number of carbonyl (C=O) groups excluding carboxylic acids is 1. The number of hydrogen-bond donors (Lipinski definition) is 1. The molecule has 0 saturated heterocycles. The van der Waals surface area contributed by atoms with Crippen molar-refractivity contribution < 1.29 is 9.53 Å². The van der Waals surface area contributed by atoms with E-state index in [1.807, 2.05) is 50.4 Å². The maximum atomic E-state index is 13.6. The van der Waals surface area contributed by atoms with E-state index in [9.17, 15) is 4.79 Å². The molecular weight excluding hydrogens is 440 g/mol. The summed E-state index contributed by atoms with van der Waals surface area (Å²) in [4.78, 5) is 19.8. The number of anilines is 1. The Morgan fingerprint density at radius 3 is 2.71 bits per heavy atom. The summed E-state index contributed by atoms with van der Waals surface area (Å²) >= 11 is 1.67. The topological polar surface area (TPSA) is 50.7 Å². The number of rotatable bonds is 7. The number of benzene rings is 2. The van der Waals surface area contributed by atoms with Gasteiger partial charge in [0.15, 0.2) is 0 Å². The number of aliphatic imine (C=N–C) groups is 1. The molecular formula is C29H34N2O2S. The summed E-state index contributed by atoms with van der Waals surface area (Å²) in [5, 5.41) is 3.98. The van der Waals surface area contributed by atoms with Crippen molar-refractivity contribution in [2.24, 2.45) is 4.99 Å². The second-order valence-electron chi connectivity index (χ2n) is 9.02. The van der Waals surface area contributed by atoms with Gasteiger partial charge >= 0.3 is 0 Å². The first-order chi connectivity index (χ1) is 16.6. The third-order valence-electron chi connectivity index (χ3n) is 6.22. The van der Waals surface area contributed by atoms with Crippen molar-refractivity contribution in [2.75, 3.05) is 11.9 Å². The Labute approximate surface area is 207 Å². The molecule has 0 fully saturated rings. The van der Waals surface area contributed by atoms with Gasteiger partial charge in [-0.15, -0.1) is 11.3 Å². The predicted molar refractivity (Wildman–Crippen MR) is 144 cm³/mol. The summed E-state index contributed by atoms with van der Waals surface area (Å²) in [5.74, 6) is 0.763. The minimum atomic E-state index is -0.0607. The van der Waals surface area contributed by atoms with Crippen LogP contribution in [0.1, 0.15) is 76.5 Å². The lowest BCUT2D eigenvalue weighted by Gasteiger charge is -2.13. The average Bonchev–Trinajstić information content (AvgIpc) is 3.15. The lowest BCUT2D eigenvalue weighted by atomic mass is 9.96. The van der Waals surface area contributed by atoms with Crippen LogP contribution in [0.15, 0.2) is 47.5 Å². The molecule has 0 saturated carbocycles. The summed E-state index contributed by atoms with van der Waals surface area (Å²) in [6.45, 7) is 6.84. The van der Waals surface area contributed by atoms with E-state index < -0.39 is 0 Å². The maximum Gasteiger partial charge on any atom is 0.259 e. The highest BCUT2D eigenvalue weighted by Crippen LogP contribution is 2.39. The van der Waals surface area contributed by atoms with Crippen molar-refractivity contribution in [3.05, 3.63) is 75.2 Å². The molecule has 0 unspecified atom stereocenters. The van der Waals surface area contributed by atoms with Gasteiger partial charge in [-0.3, -0.25) is 4.79 Å². The van der Waals surface area contributed by atoms with E-state index in [1.165, 1.54) is 29.7 Å². The van der Waals surface area contributed by atoms with Crippen LogP contribution in [0.3, 0.4) is 0 Å². The fourth-order valence-corrected chi connectivity index (χ4v) is 5.57. The Morgan fingerprint density at radius 2 is 1.88 bits per heavy atom. The molecule has 1 N–H and O–H groups in total. The zero-order valence-corrected chi connectivity index (χ0v) is 21.3. The highest BCUT2D eigenvalue weighted by molar-refractivity contribution is 7.16. The highest BCUT2D eigenvalue weighted by atomic mass is 32.1. The van der Waals surface area contributed by atoms with Gasteiger partial charge in [0, 0.05) is 22.3 Å². The number of hydrogen-bond acceptors (Lipinski definition) is 4. The van der Waals surface area contributed by atoms with Crippen LogP contribution in [0.4, 0.5) is 10.7 Å². The number of para-hydroxylation sites is 1.